The minimum atomic E-state index is -0.797. The summed E-state index contributed by atoms with van der Waals surface area (Å²) in [4.78, 5) is 20.8. The summed E-state index contributed by atoms with van der Waals surface area (Å²) in [6.45, 7) is 6.05. The van der Waals surface area contributed by atoms with Gasteiger partial charge in [-0.05, 0) is 45.6 Å². The van der Waals surface area contributed by atoms with Crippen molar-refractivity contribution >= 4 is 5.91 Å². The molecule has 5 nitrogen and oxygen atoms in total. The fourth-order valence-electron chi connectivity index (χ4n) is 4.28. The maximum atomic E-state index is 12.4. The van der Waals surface area contributed by atoms with E-state index in [1.807, 2.05) is 30.9 Å². The highest BCUT2D eigenvalue weighted by atomic mass is 16.3. The number of fused-ring (bicyclic) bond motifs is 2. The minimum Gasteiger partial charge on any atom is -0.385 e. The van der Waals surface area contributed by atoms with E-state index in [0.717, 1.165) is 31.5 Å². The summed E-state index contributed by atoms with van der Waals surface area (Å²) in [5, 5.41) is 11.1. The van der Waals surface area contributed by atoms with Gasteiger partial charge in [0.25, 0.3) is 0 Å². The SMILES string of the molecule is CCN(CC)C(=O)CN1[C@@H]2CC[C@H]1CC(O)(c1cccnc1)C2. The summed E-state index contributed by atoms with van der Waals surface area (Å²) < 4.78 is 0. The van der Waals surface area contributed by atoms with Gasteiger partial charge in [-0.3, -0.25) is 14.7 Å². The molecule has 1 aromatic heterocycles. The van der Waals surface area contributed by atoms with Crippen molar-refractivity contribution in [2.24, 2.45) is 0 Å². The molecule has 126 valence electrons. The molecule has 0 radical (unpaired) electrons. The van der Waals surface area contributed by atoms with Crippen molar-refractivity contribution in [2.75, 3.05) is 19.6 Å². The number of nitrogens with zero attached hydrogens (tertiary/aromatic N) is 3. The zero-order valence-electron chi connectivity index (χ0n) is 14.1. The van der Waals surface area contributed by atoms with Crippen LogP contribution < -0.4 is 0 Å². The van der Waals surface area contributed by atoms with Crippen LogP contribution in [0.3, 0.4) is 0 Å². The van der Waals surface area contributed by atoms with E-state index in [2.05, 4.69) is 9.88 Å². The highest BCUT2D eigenvalue weighted by molar-refractivity contribution is 5.78. The molecule has 0 saturated carbocycles. The molecule has 2 aliphatic heterocycles. The van der Waals surface area contributed by atoms with Gasteiger partial charge in [0.05, 0.1) is 12.1 Å². The first-order chi connectivity index (χ1) is 11.1. The number of piperidine rings is 1. The predicted octanol–water partition coefficient (Wildman–Crippen LogP) is 1.76. The monoisotopic (exact) mass is 317 g/mol. The highest BCUT2D eigenvalue weighted by Gasteiger charge is 2.48. The number of pyridine rings is 1. The molecule has 0 aromatic carbocycles. The summed E-state index contributed by atoms with van der Waals surface area (Å²) in [5.74, 6) is 0.207. The summed E-state index contributed by atoms with van der Waals surface area (Å²) in [6.07, 6.45) is 7.04. The number of hydrogen-bond acceptors (Lipinski definition) is 4. The van der Waals surface area contributed by atoms with Crippen molar-refractivity contribution in [3.05, 3.63) is 30.1 Å². The lowest BCUT2D eigenvalue weighted by atomic mass is 9.81. The zero-order valence-corrected chi connectivity index (χ0v) is 14.1. The van der Waals surface area contributed by atoms with E-state index in [1.54, 1.807) is 12.4 Å². The van der Waals surface area contributed by atoms with Gasteiger partial charge in [-0.15, -0.1) is 0 Å². The average Bonchev–Trinajstić information content (AvgIpc) is 2.81. The van der Waals surface area contributed by atoms with Gasteiger partial charge in [-0.1, -0.05) is 6.07 Å². The first kappa shape index (κ1) is 16.4. The summed E-state index contributed by atoms with van der Waals surface area (Å²) in [5.41, 5.74) is 0.112. The fourth-order valence-corrected chi connectivity index (χ4v) is 4.28. The van der Waals surface area contributed by atoms with Crippen molar-refractivity contribution in [3.63, 3.8) is 0 Å². The third-order valence-electron chi connectivity index (χ3n) is 5.55. The molecule has 3 heterocycles. The van der Waals surface area contributed by atoms with E-state index in [-0.39, 0.29) is 5.91 Å². The second kappa shape index (κ2) is 6.57. The van der Waals surface area contributed by atoms with E-state index < -0.39 is 5.60 Å². The molecule has 2 fully saturated rings. The van der Waals surface area contributed by atoms with Crippen molar-refractivity contribution in [1.29, 1.82) is 0 Å². The van der Waals surface area contributed by atoms with Crippen molar-refractivity contribution in [1.82, 2.24) is 14.8 Å². The van der Waals surface area contributed by atoms with Crippen LogP contribution in [0.2, 0.25) is 0 Å². The van der Waals surface area contributed by atoms with Gasteiger partial charge in [-0.25, -0.2) is 0 Å². The van der Waals surface area contributed by atoms with Crippen LogP contribution in [0.4, 0.5) is 0 Å². The Kier molecular flexibility index (Phi) is 4.69. The van der Waals surface area contributed by atoms with E-state index in [9.17, 15) is 9.90 Å². The number of rotatable bonds is 5. The van der Waals surface area contributed by atoms with E-state index >= 15 is 0 Å². The molecule has 23 heavy (non-hydrogen) atoms. The molecular weight excluding hydrogens is 290 g/mol. The molecule has 1 N–H and O–H groups in total. The summed E-state index contributed by atoms with van der Waals surface area (Å²) in [6, 6.07) is 4.42. The number of hydrogen-bond donors (Lipinski definition) is 1. The maximum absolute atomic E-state index is 12.4. The average molecular weight is 317 g/mol. The van der Waals surface area contributed by atoms with Crippen molar-refractivity contribution in [2.45, 2.75) is 57.2 Å². The van der Waals surface area contributed by atoms with Gasteiger partial charge in [0.15, 0.2) is 0 Å². The molecule has 1 aromatic rings. The molecule has 1 amide bonds. The van der Waals surface area contributed by atoms with Gasteiger partial charge in [0.2, 0.25) is 5.91 Å². The van der Waals surface area contributed by atoms with Gasteiger partial charge in [0, 0.05) is 43.1 Å². The Labute approximate surface area is 138 Å². The molecule has 5 heteroatoms. The lowest BCUT2D eigenvalue weighted by Gasteiger charge is -2.44. The Balaban J connectivity index is 1.71. The molecular formula is C18H27N3O2. The highest BCUT2D eigenvalue weighted by Crippen LogP contribution is 2.45. The van der Waals surface area contributed by atoms with E-state index in [1.165, 1.54) is 0 Å². The van der Waals surface area contributed by atoms with Crippen LogP contribution in [0.25, 0.3) is 0 Å². The molecule has 3 rings (SSSR count). The zero-order chi connectivity index (χ0) is 16.4. The fraction of sp³-hybridized carbons (Fsp3) is 0.667. The van der Waals surface area contributed by atoms with Crippen LogP contribution in [-0.4, -0.2) is 57.5 Å². The predicted molar refractivity (Wildman–Crippen MR) is 88.8 cm³/mol. The van der Waals surface area contributed by atoms with Crippen LogP contribution in [0, 0.1) is 0 Å². The number of amides is 1. The van der Waals surface area contributed by atoms with Crippen LogP contribution in [-0.2, 0) is 10.4 Å². The second-order valence-corrected chi connectivity index (χ2v) is 6.80. The molecule has 2 saturated heterocycles. The van der Waals surface area contributed by atoms with Gasteiger partial charge < -0.3 is 10.0 Å². The maximum Gasteiger partial charge on any atom is 0.236 e. The van der Waals surface area contributed by atoms with E-state index in [0.29, 0.717) is 31.5 Å². The Morgan fingerprint density at radius 3 is 2.52 bits per heavy atom. The number of aliphatic hydroxyl groups is 1. The smallest absolute Gasteiger partial charge is 0.236 e. The second-order valence-electron chi connectivity index (χ2n) is 6.80. The van der Waals surface area contributed by atoms with Crippen LogP contribution in [0.5, 0.6) is 0 Å². The molecule has 0 spiro atoms. The van der Waals surface area contributed by atoms with Gasteiger partial charge in [-0.2, -0.15) is 0 Å². The Bertz CT molecular complexity index is 530. The van der Waals surface area contributed by atoms with Crippen LogP contribution in [0.15, 0.2) is 24.5 Å². The van der Waals surface area contributed by atoms with Gasteiger partial charge >= 0.3 is 0 Å². The van der Waals surface area contributed by atoms with Crippen molar-refractivity contribution < 1.29 is 9.90 Å². The first-order valence-corrected chi connectivity index (χ1v) is 8.73. The lowest BCUT2D eigenvalue weighted by Crippen LogP contribution is -2.53. The minimum absolute atomic E-state index is 0.207. The Morgan fingerprint density at radius 2 is 2.00 bits per heavy atom. The quantitative estimate of drug-likeness (QED) is 0.899. The number of carbonyl (C=O) groups is 1. The molecule has 2 bridgehead atoms. The van der Waals surface area contributed by atoms with Crippen LogP contribution in [0.1, 0.15) is 45.1 Å². The normalized spacial score (nSPS) is 30.4. The molecule has 0 aliphatic carbocycles. The molecule has 2 aliphatic rings. The molecule has 1 unspecified atom stereocenters. The topological polar surface area (TPSA) is 56.7 Å². The van der Waals surface area contributed by atoms with E-state index in [4.69, 9.17) is 0 Å². The summed E-state index contributed by atoms with van der Waals surface area (Å²) >= 11 is 0. The third-order valence-corrected chi connectivity index (χ3v) is 5.55. The Hall–Kier alpha value is -1.46. The third kappa shape index (κ3) is 3.12. The number of aromatic nitrogens is 1. The lowest BCUT2D eigenvalue weighted by molar-refractivity contribution is -0.135. The van der Waals surface area contributed by atoms with Crippen molar-refractivity contribution in [3.8, 4) is 0 Å². The number of likely N-dealkylation sites (N-methyl/N-ethyl adjacent to an activating group) is 1. The molecule has 3 atom stereocenters. The Morgan fingerprint density at radius 1 is 1.35 bits per heavy atom. The summed E-state index contributed by atoms with van der Waals surface area (Å²) in [7, 11) is 0. The van der Waals surface area contributed by atoms with Crippen LogP contribution >= 0.6 is 0 Å². The first-order valence-electron chi connectivity index (χ1n) is 8.73. The standard InChI is InChI=1S/C18H27N3O2/c1-3-20(4-2)17(22)13-21-15-7-8-16(21)11-18(23,10-15)14-6-5-9-19-12-14/h5-6,9,12,15-16,23H,3-4,7-8,10-11,13H2,1-2H3/t15-,16+,18?. The van der Waals surface area contributed by atoms with Gasteiger partial charge in [0.1, 0.15) is 0 Å². The number of carbonyl (C=O) groups excluding carboxylic acids is 1. The largest absolute Gasteiger partial charge is 0.385 e.